The molecule has 0 aromatic carbocycles. The zero-order valence-corrected chi connectivity index (χ0v) is 10.7. The van der Waals surface area contributed by atoms with Gasteiger partial charge in [-0.3, -0.25) is 4.90 Å². The number of piperidine rings is 3. The summed E-state index contributed by atoms with van der Waals surface area (Å²) in [6, 6.07) is 2.10. The topological polar surface area (TPSA) is 29.3 Å². The summed E-state index contributed by atoms with van der Waals surface area (Å²) in [6.07, 6.45) is 3.59. The van der Waals surface area contributed by atoms with Gasteiger partial charge in [-0.1, -0.05) is 12.1 Å². The molecule has 0 saturated carbocycles. The van der Waals surface area contributed by atoms with Crippen molar-refractivity contribution in [1.29, 1.82) is 0 Å². The van der Waals surface area contributed by atoms with Crippen LogP contribution in [0.15, 0.2) is 16.2 Å². The van der Waals surface area contributed by atoms with Gasteiger partial charge < -0.3 is 4.52 Å². The number of nitrogens with zero attached hydrogens (tertiary/aromatic N) is 2. The van der Waals surface area contributed by atoms with E-state index in [0.717, 1.165) is 30.3 Å². The van der Waals surface area contributed by atoms with Crippen molar-refractivity contribution < 1.29 is 4.52 Å². The standard InChI is InChI=1S/C14H20N2O/c1-3-12-8-14(17-15-12)10(2)13-9-16-6-4-11(13)5-7-16/h8,11H,3-7,9H2,1-2H3/b13-10+. The van der Waals surface area contributed by atoms with Gasteiger partial charge in [0, 0.05) is 12.6 Å². The van der Waals surface area contributed by atoms with Crippen LogP contribution in [0.2, 0.25) is 0 Å². The predicted molar refractivity (Wildman–Crippen MR) is 67.6 cm³/mol. The molecule has 1 aromatic heterocycles. The van der Waals surface area contributed by atoms with Crippen LogP contribution >= 0.6 is 0 Å². The molecule has 1 aromatic rings. The van der Waals surface area contributed by atoms with Gasteiger partial charge in [-0.15, -0.1) is 0 Å². The second kappa shape index (κ2) is 4.30. The number of aromatic nitrogens is 1. The van der Waals surface area contributed by atoms with E-state index in [4.69, 9.17) is 4.52 Å². The molecular weight excluding hydrogens is 212 g/mol. The van der Waals surface area contributed by atoms with Crippen LogP contribution in [0.1, 0.15) is 38.1 Å². The Hall–Kier alpha value is -1.09. The van der Waals surface area contributed by atoms with Crippen molar-refractivity contribution in [2.45, 2.75) is 33.1 Å². The lowest BCUT2D eigenvalue weighted by Crippen LogP contribution is -2.43. The second-order valence-corrected chi connectivity index (χ2v) is 5.24. The van der Waals surface area contributed by atoms with Crippen LogP contribution in [-0.4, -0.2) is 29.7 Å². The maximum Gasteiger partial charge on any atom is 0.162 e. The number of hydrogen-bond acceptors (Lipinski definition) is 3. The van der Waals surface area contributed by atoms with Gasteiger partial charge in [-0.2, -0.15) is 0 Å². The number of hydrogen-bond donors (Lipinski definition) is 0. The van der Waals surface area contributed by atoms with Crippen molar-refractivity contribution in [2.24, 2.45) is 5.92 Å². The molecule has 0 unspecified atom stereocenters. The number of aryl methyl sites for hydroxylation is 1. The fourth-order valence-electron chi connectivity index (χ4n) is 3.05. The molecule has 0 N–H and O–H groups in total. The molecular formula is C14H20N2O. The highest BCUT2D eigenvalue weighted by atomic mass is 16.5. The third-order valence-corrected chi connectivity index (χ3v) is 4.25. The molecule has 3 aliphatic rings. The first-order chi connectivity index (χ1) is 8.28. The van der Waals surface area contributed by atoms with Crippen LogP contribution in [0.4, 0.5) is 0 Å². The Morgan fingerprint density at radius 3 is 2.76 bits per heavy atom. The molecule has 3 aliphatic heterocycles. The maximum atomic E-state index is 5.45. The van der Waals surface area contributed by atoms with Crippen molar-refractivity contribution in [3.63, 3.8) is 0 Å². The van der Waals surface area contributed by atoms with E-state index in [-0.39, 0.29) is 0 Å². The summed E-state index contributed by atoms with van der Waals surface area (Å²) in [5, 5.41) is 4.09. The Kier molecular flexibility index (Phi) is 2.79. The highest BCUT2D eigenvalue weighted by Gasteiger charge is 2.31. The van der Waals surface area contributed by atoms with E-state index < -0.39 is 0 Å². The minimum Gasteiger partial charge on any atom is -0.356 e. The second-order valence-electron chi connectivity index (χ2n) is 5.24. The van der Waals surface area contributed by atoms with Gasteiger partial charge >= 0.3 is 0 Å². The molecule has 3 nitrogen and oxygen atoms in total. The maximum absolute atomic E-state index is 5.45. The Balaban J connectivity index is 1.91. The highest BCUT2D eigenvalue weighted by molar-refractivity contribution is 5.64. The normalized spacial score (nSPS) is 30.7. The Labute approximate surface area is 102 Å². The van der Waals surface area contributed by atoms with E-state index in [2.05, 4.69) is 30.0 Å². The highest BCUT2D eigenvalue weighted by Crippen LogP contribution is 2.36. The van der Waals surface area contributed by atoms with Crippen LogP contribution in [-0.2, 0) is 6.42 Å². The third kappa shape index (κ3) is 1.93. The number of rotatable bonds is 2. The Morgan fingerprint density at radius 2 is 2.24 bits per heavy atom. The molecule has 4 rings (SSSR count). The first-order valence-corrected chi connectivity index (χ1v) is 6.66. The number of fused-ring (bicyclic) bond motifs is 3. The number of allylic oxidation sites excluding steroid dienone is 1. The van der Waals surface area contributed by atoms with Gasteiger partial charge in [0.2, 0.25) is 0 Å². The lowest BCUT2D eigenvalue weighted by Gasteiger charge is -2.41. The van der Waals surface area contributed by atoms with E-state index >= 15 is 0 Å². The van der Waals surface area contributed by atoms with Gasteiger partial charge in [0.25, 0.3) is 0 Å². The van der Waals surface area contributed by atoms with Gasteiger partial charge in [0.05, 0.1) is 5.69 Å². The smallest absolute Gasteiger partial charge is 0.162 e. The van der Waals surface area contributed by atoms with Crippen LogP contribution in [0, 0.1) is 5.92 Å². The summed E-state index contributed by atoms with van der Waals surface area (Å²) < 4.78 is 5.45. The van der Waals surface area contributed by atoms with Crippen molar-refractivity contribution in [3.8, 4) is 0 Å². The summed E-state index contributed by atoms with van der Waals surface area (Å²) in [7, 11) is 0. The van der Waals surface area contributed by atoms with Crippen LogP contribution < -0.4 is 0 Å². The monoisotopic (exact) mass is 232 g/mol. The minimum absolute atomic E-state index is 0.787. The van der Waals surface area contributed by atoms with E-state index in [1.54, 1.807) is 5.57 Å². The van der Waals surface area contributed by atoms with Gasteiger partial charge in [-0.25, -0.2) is 0 Å². The zero-order valence-electron chi connectivity index (χ0n) is 10.7. The molecule has 0 amide bonds. The van der Waals surface area contributed by atoms with Crippen molar-refractivity contribution in [3.05, 3.63) is 23.1 Å². The van der Waals surface area contributed by atoms with Crippen LogP contribution in [0.3, 0.4) is 0 Å². The SMILES string of the molecule is CCc1cc(/C(C)=C2\CN3CCC2CC3)on1. The average Bonchev–Trinajstić information content (AvgIpc) is 2.88. The van der Waals surface area contributed by atoms with Gasteiger partial charge in [-0.05, 0) is 56.3 Å². The van der Waals surface area contributed by atoms with E-state index in [1.165, 1.54) is 31.5 Å². The van der Waals surface area contributed by atoms with Crippen LogP contribution in [0.5, 0.6) is 0 Å². The average molecular weight is 232 g/mol. The van der Waals surface area contributed by atoms with E-state index in [1.807, 2.05) is 0 Å². The van der Waals surface area contributed by atoms with Crippen LogP contribution in [0.25, 0.3) is 5.57 Å². The first kappa shape index (κ1) is 11.0. The molecule has 0 radical (unpaired) electrons. The largest absolute Gasteiger partial charge is 0.356 e. The fourth-order valence-corrected chi connectivity index (χ4v) is 3.05. The third-order valence-electron chi connectivity index (χ3n) is 4.25. The molecule has 92 valence electrons. The van der Waals surface area contributed by atoms with E-state index in [0.29, 0.717) is 0 Å². The molecule has 3 saturated heterocycles. The molecule has 0 spiro atoms. The van der Waals surface area contributed by atoms with E-state index in [9.17, 15) is 0 Å². The van der Waals surface area contributed by atoms with Crippen molar-refractivity contribution >= 4 is 5.57 Å². The Bertz CT molecular complexity index is 439. The molecule has 17 heavy (non-hydrogen) atoms. The molecule has 4 heterocycles. The lowest BCUT2D eigenvalue weighted by atomic mass is 9.81. The molecule has 3 heteroatoms. The van der Waals surface area contributed by atoms with Gasteiger partial charge in [0.15, 0.2) is 5.76 Å². The molecule has 3 fully saturated rings. The van der Waals surface area contributed by atoms with Gasteiger partial charge in [0.1, 0.15) is 0 Å². The summed E-state index contributed by atoms with van der Waals surface area (Å²) >= 11 is 0. The van der Waals surface area contributed by atoms with Crippen molar-refractivity contribution in [2.75, 3.05) is 19.6 Å². The summed E-state index contributed by atoms with van der Waals surface area (Å²) in [6.45, 7) is 7.99. The summed E-state index contributed by atoms with van der Waals surface area (Å²) in [5.74, 6) is 1.76. The molecule has 2 bridgehead atoms. The predicted octanol–water partition coefficient (Wildman–Crippen LogP) is 2.74. The zero-order chi connectivity index (χ0) is 11.8. The minimum atomic E-state index is 0.787. The quantitative estimate of drug-likeness (QED) is 0.785. The fraction of sp³-hybridized carbons (Fsp3) is 0.643. The first-order valence-electron chi connectivity index (χ1n) is 6.66. The Morgan fingerprint density at radius 1 is 1.47 bits per heavy atom. The summed E-state index contributed by atoms with van der Waals surface area (Å²) in [4.78, 5) is 2.55. The molecule has 0 aliphatic carbocycles. The molecule has 0 atom stereocenters. The summed E-state index contributed by atoms with van der Waals surface area (Å²) in [5.41, 5.74) is 3.97. The van der Waals surface area contributed by atoms with Crippen molar-refractivity contribution in [1.82, 2.24) is 10.1 Å². The lowest BCUT2D eigenvalue weighted by molar-refractivity contribution is 0.162.